The van der Waals surface area contributed by atoms with E-state index in [0.29, 0.717) is 9.90 Å². The summed E-state index contributed by atoms with van der Waals surface area (Å²) < 4.78 is 2.61. The molecule has 0 fully saturated rings. The summed E-state index contributed by atoms with van der Waals surface area (Å²) in [6, 6.07) is 17.9. The number of anilines is 1. The molecule has 0 amide bonds. The van der Waals surface area contributed by atoms with Gasteiger partial charge in [0.1, 0.15) is 0 Å². The van der Waals surface area contributed by atoms with E-state index in [1.807, 2.05) is 86.9 Å². The first kappa shape index (κ1) is 21.8. The Hall–Kier alpha value is -3.43. The molecule has 4 rings (SSSR count). The van der Waals surface area contributed by atoms with Gasteiger partial charge in [-0.15, -0.1) is 10.2 Å². The van der Waals surface area contributed by atoms with Crippen LogP contribution in [0.4, 0.5) is 15.8 Å². The van der Waals surface area contributed by atoms with Crippen LogP contribution in [-0.4, -0.2) is 20.2 Å². The summed E-state index contributed by atoms with van der Waals surface area (Å²) >= 11 is 6.94. The fourth-order valence-electron chi connectivity index (χ4n) is 3.23. The van der Waals surface area contributed by atoms with Gasteiger partial charge in [0.15, 0.2) is 9.77 Å². The highest BCUT2D eigenvalue weighted by atomic mass is 32.1. The Bertz CT molecular complexity index is 1340. The molecule has 0 bridgehead atoms. The van der Waals surface area contributed by atoms with Gasteiger partial charge >= 0.3 is 0 Å². The molecule has 0 saturated heterocycles. The van der Waals surface area contributed by atoms with Crippen molar-refractivity contribution in [2.75, 3.05) is 5.43 Å². The van der Waals surface area contributed by atoms with E-state index >= 15 is 0 Å². The van der Waals surface area contributed by atoms with Crippen molar-refractivity contribution in [3.8, 4) is 5.69 Å². The number of hydrogen-bond acceptors (Lipinski definition) is 7. The Kier molecular flexibility index (Phi) is 6.38. The van der Waals surface area contributed by atoms with Gasteiger partial charge in [0.2, 0.25) is 5.13 Å². The Labute approximate surface area is 195 Å². The van der Waals surface area contributed by atoms with Crippen LogP contribution in [0.25, 0.3) is 5.69 Å². The summed E-state index contributed by atoms with van der Waals surface area (Å²) in [6.45, 7) is 7.88. The Balaban J connectivity index is 1.56. The number of benzene rings is 2. The molecule has 32 heavy (non-hydrogen) atoms. The molecular formula is C23H23N7S2. The SMILES string of the molecule is C/C(=N\Nc1nc(C)c(N=Nc2ccc(C)cc2)s1)c1c(C)[nH]c(=S)n1-c1ccccc1. The number of nitrogens with one attached hydrogen (secondary N) is 2. The topological polar surface area (TPSA) is 82.7 Å². The van der Waals surface area contributed by atoms with Gasteiger partial charge in [-0.25, -0.2) is 4.98 Å². The second kappa shape index (κ2) is 9.37. The standard InChI is InChI=1S/C23H23N7S2/c1-14-10-12-18(13-11-14)27-28-21-17(4)24-22(32-21)29-26-16(3)20-15(2)25-23(31)30(20)19-8-6-5-7-9-19/h5-13H,1-4H3,(H,24,29)(H,25,31)/b26-16+,28-27?. The number of nitrogens with zero attached hydrogens (tertiary/aromatic N) is 5. The largest absolute Gasteiger partial charge is 0.334 e. The molecule has 2 N–H and O–H groups in total. The zero-order valence-corrected chi connectivity index (χ0v) is 19.9. The van der Waals surface area contributed by atoms with Crippen molar-refractivity contribution in [3.63, 3.8) is 0 Å². The number of thiazole rings is 1. The molecule has 4 aromatic rings. The van der Waals surface area contributed by atoms with Crippen molar-refractivity contribution >= 4 is 45.1 Å². The second-order valence-electron chi connectivity index (χ2n) is 7.33. The van der Waals surface area contributed by atoms with E-state index in [-0.39, 0.29) is 0 Å². The third-order valence-corrected chi connectivity index (χ3v) is 6.05. The monoisotopic (exact) mass is 461 g/mol. The van der Waals surface area contributed by atoms with E-state index in [1.165, 1.54) is 16.9 Å². The molecule has 7 nitrogen and oxygen atoms in total. The van der Waals surface area contributed by atoms with Crippen LogP contribution in [0.1, 0.15) is 29.6 Å². The molecule has 2 aromatic heterocycles. The van der Waals surface area contributed by atoms with Gasteiger partial charge in [0.25, 0.3) is 0 Å². The molecular weight excluding hydrogens is 438 g/mol. The second-order valence-corrected chi connectivity index (χ2v) is 8.69. The Morgan fingerprint density at radius 1 is 1.03 bits per heavy atom. The lowest BCUT2D eigenvalue weighted by Gasteiger charge is -2.09. The first-order valence-corrected chi connectivity index (χ1v) is 11.3. The number of azo groups is 1. The maximum absolute atomic E-state index is 5.53. The fourth-order valence-corrected chi connectivity index (χ4v) is 4.31. The van der Waals surface area contributed by atoms with E-state index in [4.69, 9.17) is 12.2 Å². The number of imidazole rings is 1. The van der Waals surface area contributed by atoms with E-state index in [2.05, 4.69) is 30.7 Å². The average molecular weight is 462 g/mol. The van der Waals surface area contributed by atoms with E-state index < -0.39 is 0 Å². The predicted octanol–water partition coefficient (Wildman–Crippen LogP) is 7.17. The summed E-state index contributed by atoms with van der Waals surface area (Å²) in [4.78, 5) is 7.75. The van der Waals surface area contributed by atoms with Gasteiger partial charge in [-0.2, -0.15) is 5.10 Å². The van der Waals surface area contributed by atoms with Crippen LogP contribution in [0.5, 0.6) is 0 Å². The van der Waals surface area contributed by atoms with Gasteiger partial charge in [-0.3, -0.25) is 9.99 Å². The van der Waals surface area contributed by atoms with Crippen molar-refractivity contribution in [1.29, 1.82) is 0 Å². The highest BCUT2D eigenvalue weighted by molar-refractivity contribution is 7.71. The number of aromatic amines is 1. The maximum atomic E-state index is 5.53. The van der Waals surface area contributed by atoms with Gasteiger partial charge < -0.3 is 4.98 Å². The zero-order valence-electron chi connectivity index (χ0n) is 18.2. The number of para-hydroxylation sites is 1. The number of aromatic nitrogens is 3. The summed E-state index contributed by atoms with van der Waals surface area (Å²) in [5.74, 6) is 0. The zero-order chi connectivity index (χ0) is 22.7. The van der Waals surface area contributed by atoms with Gasteiger partial charge in [0.05, 0.1) is 22.8 Å². The maximum Gasteiger partial charge on any atom is 0.205 e. The lowest BCUT2D eigenvalue weighted by molar-refractivity contribution is 1.02. The number of aryl methyl sites for hydroxylation is 3. The smallest absolute Gasteiger partial charge is 0.205 e. The van der Waals surface area contributed by atoms with Crippen molar-refractivity contribution < 1.29 is 0 Å². The summed E-state index contributed by atoms with van der Waals surface area (Å²) in [7, 11) is 0. The van der Waals surface area contributed by atoms with Crippen LogP contribution in [0.2, 0.25) is 0 Å². The normalized spacial score (nSPS) is 11.9. The van der Waals surface area contributed by atoms with Crippen molar-refractivity contribution in [2.24, 2.45) is 15.3 Å². The molecule has 0 aliphatic rings. The summed E-state index contributed by atoms with van der Waals surface area (Å²) in [5, 5.41) is 14.6. The van der Waals surface area contributed by atoms with Gasteiger partial charge in [0, 0.05) is 11.4 Å². The molecule has 0 unspecified atom stereocenters. The van der Waals surface area contributed by atoms with E-state index in [1.54, 1.807) is 0 Å². The molecule has 0 aliphatic carbocycles. The highest BCUT2D eigenvalue weighted by Crippen LogP contribution is 2.32. The summed E-state index contributed by atoms with van der Waals surface area (Å²) in [5.41, 5.74) is 9.48. The Morgan fingerprint density at radius 2 is 1.75 bits per heavy atom. The molecule has 2 heterocycles. The third kappa shape index (κ3) is 4.74. The van der Waals surface area contributed by atoms with Crippen LogP contribution >= 0.6 is 23.6 Å². The molecule has 0 spiro atoms. The highest BCUT2D eigenvalue weighted by Gasteiger charge is 2.14. The van der Waals surface area contributed by atoms with Crippen molar-refractivity contribution in [2.45, 2.75) is 27.7 Å². The van der Waals surface area contributed by atoms with Crippen LogP contribution < -0.4 is 5.43 Å². The minimum atomic E-state index is 0.627. The van der Waals surface area contributed by atoms with Crippen molar-refractivity contribution in [1.82, 2.24) is 14.5 Å². The number of H-pyrrole nitrogens is 1. The quantitative estimate of drug-likeness (QED) is 0.138. The van der Waals surface area contributed by atoms with E-state index in [9.17, 15) is 0 Å². The van der Waals surface area contributed by atoms with Crippen molar-refractivity contribution in [3.05, 3.63) is 82.0 Å². The first-order valence-electron chi connectivity index (χ1n) is 10.1. The summed E-state index contributed by atoms with van der Waals surface area (Å²) in [6.07, 6.45) is 0. The van der Waals surface area contributed by atoms with Crippen LogP contribution in [0, 0.1) is 25.5 Å². The Morgan fingerprint density at radius 3 is 2.47 bits per heavy atom. The first-order chi connectivity index (χ1) is 15.4. The van der Waals surface area contributed by atoms with Gasteiger partial charge in [-0.1, -0.05) is 47.2 Å². The minimum absolute atomic E-state index is 0.627. The number of hydrazone groups is 1. The fraction of sp³-hybridized carbons (Fsp3) is 0.174. The lowest BCUT2D eigenvalue weighted by Crippen LogP contribution is -2.09. The van der Waals surface area contributed by atoms with Crippen LogP contribution in [0.3, 0.4) is 0 Å². The molecule has 0 atom stereocenters. The van der Waals surface area contributed by atoms with Crippen LogP contribution in [0.15, 0.2) is 69.9 Å². The minimum Gasteiger partial charge on any atom is -0.334 e. The van der Waals surface area contributed by atoms with Crippen LogP contribution in [-0.2, 0) is 0 Å². The molecule has 162 valence electrons. The molecule has 9 heteroatoms. The molecule has 0 aliphatic heterocycles. The molecule has 0 radical (unpaired) electrons. The predicted molar refractivity (Wildman–Crippen MR) is 134 cm³/mol. The molecule has 0 saturated carbocycles. The lowest BCUT2D eigenvalue weighted by atomic mass is 10.2. The van der Waals surface area contributed by atoms with E-state index in [0.717, 1.165) is 39.2 Å². The number of rotatable bonds is 6. The average Bonchev–Trinajstić information content (AvgIpc) is 3.30. The van der Waals surface area contributed by atoms with Gasteiger partial charge in [-0.05, 0) is 64.2 Å². The number of hydrogen-bond donors (Lipinski definition) is 2. The molecule has 2 aromatic carbocycles. The third-order valence-electron chi connectivity index (χ3n) is 4.82.